The van der Waals surface area contributed by atoms with Gasteiger partial charge in [-0.15, -0.1) is 12.4 Å². The Morgan fingerprint density at radius 1 is 1.00 bits per heavy atom. The molecule has 0 atom stereocenters. The van der Waals surface area contributed by atoms with Crippen molar-refractivity contribution < 1.29 is 4.79 Å². The fraction of sp³-hybridized carbons (Fsp3) is 0.409. The van der Waals surface area contributed by atoms with Crippen molar-refractivity contribution in [1.82, 2.24) is 10.6 Å². The van der Waals surface area contributed by atoms with Gasteiger partial charge in [0, 0.05) is 6.42 Å². The van der Waals surface area contributed by atoms with Crippen LogP contribution in [0.1, 0.15) is 43.7 Å². The first-order chi connectivity index (χ1) is 12.2. The van der Waals surface area contributed by atoms with Gasteiger partial charge >= 0.3 is 0 Å². The highest BCUT2D eigenvalue weighted by Gasteiger charge is 2.30. The molecule has 0 radical (unpaired) electrons. The molecule has 26 heavy (non-hydrogen) atoms. The third kappa shape index (κ3) is 5.09. The predicted molar refractivity (Wildman–Crippen MR) is 110 cm³/mol. The van der Waals surface area contributed by atoms with E-state index in [1.165, 1.54) is 12.8 Å². The Kier molecular flexibility index (Phi) is 7.67. The van der Waals surface area contributed by atoms with E-state index in [2.05, 4.69) is 41.8 Å². The van der Waals surface area contributed by atoms with Crippen LogP contribution in [0.3, 0.4) is 0 Å². The van der Waals surface area contributed by atoms with Crippen LogP contribution < -0.4 is 10.6 Å². The number of rotatable bonds is 6. The summed E-state index contributed by atoms with van der Waals surface area (Å²) in [6.45, 7) is 4.26. The second kappa shape index (κ2) is 9.75. The molecule has 3 rings (SSSR count). The first-order valence-electron chi connectivity index (χ1n) is 9.31. The van der Waals surface area contributed by atoms with Gasteiger partial charge in [-0.3, -0.25) is 4.79 Å². The van der Waals surface area contributed by atoms with Gasteiger partial charge in [0.05, 0.1) is 5.54 Å². The highest BCUT2D eigenvalue weighted by Crippen LogP contribution is 2.29. The number of carbonyl (C=O) groups excluding carboxylic acids is 1. The predicted octanol–water partition coefficient (Wildman–Crippen LogP) is 4.27. The van der Waals surface area contributed by atoms with Crippen molar-refractivity contribution in [3.05, 3.63) is 71.8 Å². The molecular formula is C22H29ClN2O. The molecule has 0 aliphatic carbocycles. The van der Waals surface area contributed by atoms with Gasteiger partial charge < -0.3 is 10.6 Å². The average molecular weight is 373 g/mol. The lowest BCUT2D eigenvalue weighted by Crippen LogP contribution is -2.44. The first-order valence-corrected chi connectivity index (χ1v) is 9.31. The smallest absolute Gasteiger partial charge is 0.220 e. The van der Waals surface area contributed by atoms with Gasteiger partial charge in [0.1, 0.15) is 0 Å². The van der Waals surface area contributed by atoms with Gasteiger partial charge in [-0.25, -0.2) is 0 Å². The summed E-state index contributed by atoms with van der Waals surface area (Å²) in [5.41, 5.74) is 1.71. The maximum absolute atomic E-state index is 12.7. The van der Waals surface area contributed by atoms with E-state index in [1.807, 2.05) is 36.4 Å². The quantitative estimate of drug-likeness (QED) is 0.795. The molecule has 2 aromatic carbocycles. The van der Waals surface area contributed by atoms with Crippen LogP contribution in [0.4, 0.5) is 0 Å². The summed E-state index contributed by atoms with van der Waals surface area (Å²) >= 11 is 0. The molecule has 3 nitrogen and oxygen atoms in total. The summed E-state index contributed by atoms with van der Waals surface area (Å²) in [5, 5.41) is 6.69. The van der Waals surface area contributed by atoms with E-state index in [0.29, 0.717) is 12.3 Å². The number of hydrogen-bond donors (Lipinski definition) is 2. The minimum Gasteiger partial charge on any atom is -0.343 e. The molecule has 1 amide bonds. The molecule has 1 fully saturated rings. The van der Waals surface area contributed by atoms with Crippen molar-refractivity contribution in [2.24, 2.45) is 5.92 Å². The minimum atomic E-state index is -0.506. The Balaban J connectivity index is 0.00000243. The molecular weight excluding hydrogens is 344 g/mol. The minimum absolute atomic E-state index is 0. The number of amides is 1. The lowest BCUT2D eigenvalue weighted by Gasteiger charge is -2.32. The number of halogens is 1. The molecule has 1 aliphatic heterocycles. The van der Waals surface area contributed by atoms with Gasteiger partial charge in [0.25, 0.3) is 0 Å². The van der Waals surface area contributed by atoms with Crippen LogP contribution in [0, 0.1) is 5.92 Å². The zero-order valence-electron chi connectivity index (χ0n) is 15.4. The third-order valence-corrected chi connectivity index (χ3v) is 5.33. The summed E-state index contributed by atoms with van der Waals surface area (Å²) in [6.07, 6.45) is 3.94. The average Bonchev–Trinajstić information content (AvgIpc) is 2.68. The number of hydrogen-bond acceptors (Lipinski definition) is 2. The summed E-state index contributed by atoms with van der Waals surface area (Å²) in [4.78, 5) is 12.7. The van der Waals surface area contributed by atoms with Crippen LogP contribution in [0.15, 0.2) is 60.7 Å². The van der Waals surface area contributed by atoms with Crippen molar-refractivity contribution in [2.75, 3.05) is 13.1 Å². The van der Waals surface area contributed by atoms with Crippen LogP contribution in [0.25, 0.3) is 0 Å². The number of carbonyl (C=O) groups is 1. The molecule has 0 aromatic heterocycles. The van der Waals surface area contributed by atoms with E-state index in [0.717, 1.165) is 30.6 Å². The summed E-state index contributed by atoms with van der Waals surface area (Å²) in [6, 6.07) is 20.5. The van der Waals surface area contributed by atoms with E-state index < -0.39 is 5.54 Å². The number of nitrogens with one attached hydrogen (secondary N) is 2. The van der Waals surface area contributed by atoms with E-state index in [-0.39, 0.29) is 18.3 Å². The van der Waals surface area contributed by atoms with Gasteiger partial charge in [-0.1, -0.05) is 60.7 Å². The Bertz CT molecular complexity index is 630. The second-order valence-corrected chi connectivity index (χ2v) is 7.14. The Morgan fingerprint density at radius 3 is 2.00 bits per heavy atom. The zero-order valence-corrected chi connectivity index (χ0v) is 16.2. The summed E-state index contributed by atoms with van der Waals surface area (Å²) in [5.74, 6) is 0.806. The fourth-order valence-electron chi connectivity index (χ4n) is 3.70. The van der Waals surface area contributed by atoms with Crippen LogP contribution >= 0.6 is 12.4 Å². The van der Waals surface area contributed by atoms with Crippen molar-refractivity contribution in [3.63, 3.8) is 0 Å². The molecule has 0 saturated carbocycles. The highest BCUT2D eigenvalue weighted by molar-refractivity contribution is 5.85. The number of piperidine rings is 1. The van der Waals surface area contributed by atoms with Gasteiger partial charge in [-0.05, 0) is 56.3 Å². The maximum atomic E-state index is 12.7. The van der Waals surface area contributed by atoms with E-state index in [1.54, 1.807) is 0 Å². The second-order valence-electron chi connectivity index (χ2n) is 7.14. The van der Waals surface area contributed by atoms with Crippen molar-refractivity contribution in [1.29, 1.82) is 0 Å². The Labute approximate surface area is 163 Å². The fourth-order valence-corrected chi connectivity index (χ4v) is 3.70. The van der Waals surface area contributed by atoms with Crippen molar-refractivity contribution in [3.8, 4) is 0 Å². The molecule has 1 heterocycles. The van der Waals surface area contributed by atoms with Crippen LogP contribution in [-0.2, 0) is 10.3 Å². The molecule has 140 valence electrons. The molecule has 2 N–H and O–H groups in total. The maximum Gasteiger partial charge on any atom is 0.220 e. The Hall–Kier alpha value is -1.84. The molecule has 1 aliphatic rings. The molecule has 0 bridgehead atoms. The zero-order chi connectivity index (χ0) is 17.5. The standard InChI is InChI=1S/C22H28N2O.ClH/c1-22(19-8-4-2-5-9-19,20-10-6-3-7-11-20)24-21(25)13-12-18-14-16-23-17-15-18;/h2-11,18,23H,12-17H2,1H3,(H,24,25);1H. The van der Waals surface area contributed by atoms with Crippen LogP contribution in [0.2, 0.25) is 0 Å². The molecule has 1 saturated heterocycles. The SMILES string of the molecule is CC(NC(=O)CCC1CCNCC1)(c1ccccc1)c1ccccc1.Cl. The summed E-state index contributed by atoms with van der Waals surface area (Å²) < 4.78 is 0. The third-order valence-electron chi connectivity index (χ3n) is 5.33. The van der Waals surface area contributed by atoms with Gasteiger partial charge in [0.15, 0.2) is 0 Å². The lowest BCUT2D eigenvalue weighted by atomic mass is 9.84. The van der Waals surface area contributed by atoms with Crippen LogP contribution in [-0.4, -0.2) is 19.0 Å². The summed E-state index contributed by atoms with van der Waals surface area (Å²) in [7, 11) is 0. The van der Waals surface area contributed by atoms with E-state index in [4.69, 9.17) is 0 Å². The molecule has 0 unspecified atom stereocenters. The largest absolute Gasteiger partial charge is 0.343 e. The van der Waals surface area contributed by atoms with E-state index in [9.17, 15) is 4.79 Å². The van der Waals surface area contributed by atoms with E-state index >= 15 is 0 Å². The van der Waals surface area contributed by atoms with Crippen LogP contribution in [0.5, 0.6) is 0 Å². The highest BCUT2D eigenvalue weighted by atomic mass is 35.5. The molecule has 2 aromatic rings. The van der Waals surface area contributed by atoms with Gasteiger partial charge in [-0.2, -0.15) is 0 Å². The van der Waals surface area contributed by atoms with Crippen molar-refractivity contribution in [2.45, 2.75) is 38.1 Å². The molecule has 4 heteroatoms. The topological polar surface area (TPSA) is 41.1 Å². The number of benzene rings is 2. The van der Waals surface area contributed by atoms with Gasteiger partial charge in [0.2, 0.25) is 5.91 Å². The monoisotopic (exact) mass is 372 g/mol. The Morgan fingerprint density at radius 2 is 1.50 bits per heavy atom. The van der Waals surface area contributed by atoms with Crippen molar-refractivity contribution >= 4 is 18.3 Å². The molecule has 0 spiro atoms. The lowest BCUT2D eigenvalue weighted by molar-refractivity contribution is -0.122. The normalized spacial score (nSPS) is 15.1. The first kappa shape index (κ1) is 20.5.